The van der Waals surface area contributed by atoms with Crippen molar-refractivity contribution in [2.24, 2.45) is 0 Å². The summed E-state index contributed by atoms with van der Waals surface area (Å²) in [6, 6.07) is 0. The molecule has 1 aromatic heterocycles. The molecule has 1 aliphatic rings. The highest BCUT2D eigenvalue weighted by Crippen LogP contribution is 2.26. The molecule has 1 aliphatic heterocycles. The Kier molecular flexibility index (Phi) is 3.48. The van der Waals surface area contributed by atoms with Crippen LogP contribution in [-0.4, -0.2) is 56.4 Å². The van der Waals surface area contributed by atoms with E-state index in [9.17, 15) is 10.2 Å². The van der Waals surface area contributed by atoms with Crippen LogP contribution in [0.15, 0.2) is 6.33 Å². The van der Waals surface area contributed by atoms with Crippen LogP contribution >= 0.6 is 0 Å². The number of nitrogens with zero attached hydrogens (tertiary/aromatic N) is 2. The van der Waals surface area contributed by atoms with E-state index in [1.165, 1.54) is 6.33 Å². The molecule has 9 nitrogen and oxygen atoms in total. The van der Waals surface area contributed by atoms with Crippen molar-refractivity contribution in [2.45, 2.75) is 24.5 Å². The molecule has 2 rings (SSSR count). The summed E-state index contributed by atoms with van der Waals surface area (Å²) in [4.78, 5) is 7.54. The quantitative estimate of drug-likeness (QED) is 0.343. The molecule has 2 heterocycles. The topological polar surface area (TPSA) is 160 Å². The highest BCUT2D eigenvalue weighted by atomic mass is 16.6. The number of nitrogen functional groups attached to an aromatic ring is 2. The van der Waals surface area contributed by atoms with E-state index in [0.717, 1.165) is 0 Å². The number of anilines is 3. The van der Waals surface area contributed by atoms with Crippen LogP contribution in [0, 0.1) is 0 Å². The zero-order valence-electron chi connectivity index (χ0n) is 9.39. The number of nitrogens with one attached hydrogen (secondary N) is 1. The Balaban J connectivity index is 2.13. The largest absolute Gasteiger partial charge is 0.394 e. The molecule has 0 bridgehead atoms. The highest BCUT2D eigenvalue weighted by Gasteiger charge is 2.42. The fraction of sp³-hybridized carbons (Fsp3) is 0.556. The Morgan fingerprint density at radius 1 is 1.28 bits per heavy atom. The van der Waals surface area contributed by atoms with E-state index in [1.807, 2.05) is 0 Å². The molecule has 4 atom stereocenters. The van der Waals surface area contributed by atoms with Crippen LogP contribution in [0.5, 0.6) is 0 Å². The van der Waals surface area contributed by atoms with Crippen molar-refractivity contribution in [1.82, 2.24) is 9.97 Å². The van der Waals surface area contributed by atoms with E-state index >= 15 is 0 Å². The second kappa shape index (κ2) is 4.90. The Bertz CT molecular complexity index is 431. The third-order valence-electron chi connectivity index (χ3n) is 2.74. The Hall–Kier alpha value is -1.68. The molecule has 18 heavy (non-hydrogen) atoms. The number of rotatable bonds is 3. The molecule has 9 heteroatoms. The zero-order chi connectivity index (χ0) is 13.3. The van der Waals surface area contributed by atoms with Crippen LogP contribution in [0.3, 0.4) is 0 Å². The molecular weight excluding hydrogens is 242 g/mol. The molecule has 100 valence electrons. The van der Waals surface area contributed by atoms with Gasteiger partial charge in [0.05, 0.1) is 6.61 Å². The van der Waals surface area contributed by atoms with E-state index in [1.54, 1.807) is 0 Å². The normalized spacial score (nSPS) is 31.5. The molecule has 1 fully saturated rings. The number of aromatic nitrogens is 2. The Morgan fingerprint density at radius 2 is 2.00 bits per heavy atom. The standard InChI is InChI=1S/C9H15N5O4/c10-4-7(11)12-2-13-8(4)14-9-6(17)5(16)3(1-15)18-9/h2-3,5-6,9,15-17H,1,10H2,(H3,11,12,13,14). The summed E-state index contributed by atoms with van der Waals surface area (Å²) in [5, 5.41) is 30.9. The number of aliphatic hydroxyl groups excluding tert-OH is 3. The van der Waals surface area contributed by atoms with Gasteiger partial charge in [-0.1, -0.05) is 0 Å². The molecule has 0 saturated carbocycles. The number of aliphatic hydroxyl groups is 3. The van der Waals surface area contributed by atoms with Crippen LogP contribution in [0.1, 0.15) is 0 Å². The Morgan fingerprint density at radius 3 is 2.61 bits per heavy atom. The first-order chi connectivity index (χ1) is 8.54. The summed E-state index contributed by atoms with van der Waals surface area (Å²) in [7, 11) is 0. The average Bonchev–Trinajstić information content (AvgIpc) is 2.63. The van der Waals surface area contributed by atoms with Crippen LogP contribution < -0.4 is 16.8 Å². The summed E-state index contributed by atoms with van der Waals surface area (Å²) in [6.45, 7) is -0.405. The lowest BCUT2D eigenvalue weighted by atomic mass is 10.1. The molecule has 1 aromatic rings. The minimum absolute atomic E-state index is 0.0965. The zero-order valence-corrected chi connectivity index (χ0v) is 9.39. The van der Waals surface area contributed by atoms with Crippen molar-refractivity contribution in [1.29, 1.82) is 0 Å². The average molecular weight is 257 g/mol. The highest BCUT2D eigenvalue weighted by molar-refractivity contribution is 5.72. The predicted octanol–water partition coefficient (Wildman–Crippen LogP) is -2.51. The van der Waals surface area contributed by atoms with Gasteiger partial charge in [-0.05, 0) is 0 Å². The van der Waals surface area contributed by atoms with Crippen molar-refractivity contribution in [3.63, 3.8) is 0 Å². The number of hydrogen-bond acceptors (Lipinski definition) is 9. The second-order valence-electron chi connectivity index (χ2n) is 3.92. The monoisotopic (exact) mass is 257 g/mol. The molecule has 8 N–H and O–H groups in total. The first kappa shape index (κ1) is 12.8. The molecule has 0 radical (unpaired) electrons. The van der Waals surface area contributed by atoms with Crippen molar-refractivity contribution in [2.75, 3.05) is 23.4 Å². The molecule has 0 aromatic carbocycles. The maximum atomic E-state index is 9.72. The molecule has 4 unspecified atom stereocenters. The van der Waals surface area contributed by atoms with Crippen LogP contribution in [0.25, 0.3) is 0 Å². The van der Waals surface area contributed by atoms with Gasteiger partial charge in [-0.25, -0.2) is 9.97 Å². The lowest BCUT2D eigenvalue weighted by molar-refractivity contribution is -0.0153. The third-order valence-corrected chi connectivity index (χ3v) is 2.74. The fourth-order valence-electron chi connectivity index (χ4n) is 1.68. The van der Waals surface area contributed by atoms with Gasteiger partial charge >= 0.3 is 0 Å². The summed E-state index contributed by atoms with van der Waals surface area (Å²) in [6.07, 6.45) is -2.99. The number of nitrogens with two attached hydrogens (primary N) is 2. The second-order valence-corrected chi connectivity index (χ2v) is 3.92. The van der Waals surface area contributed by atoms with Crippen LogP contribution in [-0.2, 0) is 4.74 Å². The molecule has 0 aliphatic carbocycles. The van der Waals surface area contributed by atoms with Gasteiger partial charge in [0, 0.05) is 0 Å². The first-order valence-electron chi connectivity index (χ1n) is 5.29. The van der Waals surface area contributed by atoms with Gasteiger partial charge in [0.1, 0.15) is 30.3 Å². The lowest BCUT2D eigenvalue weighted by Gasteiger charge is -2.18. The van der Waals surface area contributed by atoms with E-state index in [0.29, 0.717) is 0 Å². The van der Waals surface area contributed by atoms with Gasteiger partial charge in [0.15, 0.2) is 17.9 Å². The van der Waals surface area contributed by atoms with Crippen molar-refractivity contribution in [3.8, 4) is 0 Å². The molecule has 0 amide bonds. The maximum Gasteiger partial charge on any atom is 0.158 e. The summed E-state index contributed by atoms with van der Waals surface area (Å²) < 4.78 is 5.22. The van der Waals surface area contributed by atoms with Crippen molar-refractivity contribution >= 4 is 17.3 Å². The minimum Gasteiger partial charge on any atom is -0.394 e. The fourth-order valence-corrected chi connectivity index (χ4v) is 1.68. The number of hydrogen-bond donors (Lipinski definition) is 6. The van der Waals surface area contributed by atoms with Crippen LogP contribution in [0.2, 0.25) is 0 Å². The van der Waals surface area contributed by atoms with Gasteiger partial charge < -0.3 is 36.8 Å². The van der Waals surface area contributed by atoms with Gasteiger partial charge in [-0.2, -0.15) is 0 Å². The lowest BCUT2D eigenvalue weighted by Crippen LogP contribution is -2.36. The van der Waals surface area contributed by atoms with E-state index in [4.69, 9.17) is 21.3 Å². The smallest absolute Gasteiger partial charge is 0.158 e. The minimum atomic E-state index is -1.21. The van der Waals surface area contributed by atoms with Gasteiger partial charge in [-0.15, -0.1) is 0 Å². The summed E-state index contributed by atoms with van der Waals surface area (Å²) in [5.41, 5.74) is 11.3. The van der Waals surface area contributed by atoms with E-state index in [-0.39, 0.29) is 17.3 Å². The van der Waals surface area contributed by atoms with Crippen molar-refractivity contribution in [3.05, 3.63) is 6.33 Å². The van der Waals surface area contributed by atoms with E-state index < -0.39 is 31.1 Å². The number of ether oxygens (including phenoxy) is 1. The van der Waals surface area contributed by atoms with Gasteiger partial charge in [-0.3, -0.25) is 0 Å². The summed E-state index contributed by atoms with van der Waals surface area (Å²) in [5.74, 6) is 0.289. The van der Waals surface area contributed by atoms with Crippen molar-refractivity contribution < 1.29 is 20.1 Å². The predicted molar refractivity (Wildman–Crippen MR) is 62.2 cm³/mol. The SMILES string of the molecule is Nc1ncnc(NC2OC(CO)C(O)C2O)c1N. The van der Waals surface area contributed by atoms with Gasteiger partial charge in [0.2, 0.25) is 0 Å². The first-order valence-corrected chi connectivity index (χ1v) is 5.29. The Labute approximate surface area is 102 Å². The third kappa shape index (κ3) is 2.16. The maximum absolute atomic E-state index is 9.72. The molecule has 0 spiro atoms. The van der Waals surface area contributed by atoms with E-state index in [2.05, 4.69) is 15.3 Å². The summed E-state index contributed by atoms with van der Waals surface area (Å²) >= 11 is 0. The molecular formula is C9H15N5O4. The van der Waals surface area contributed by atoms with Crippen LogP contribution in [0.4, 0.5) is 17.3 Å². The molecule has 1 saturated heterocycles. The van der Waals surface area contributed by atoms with Gasteiger partial charge in [0.25, 0.3) is 0 Å².